The molecule has 0 fully saturated rings. The molecule has 158 valence electrons. The first-order valence-electron chi connectivity index (χ1n) is 9.03. The van der Waals surface area contributed by atoms with E-state index in [0.29, 0.717) is 5.02 Å². The van der Waals surface area contributed by atoms with Gasteiger partial charge >= 0.3 is 18.0 Å². The number of benzene rings is 1. The molecule has 0 bridgehead atoms. The first-order chi connectivity index (χ1) is 14.5. The van der Waals surface area contributed by atoms with Crippen LogP contribution in [0.3, 0.4) is 0 Å². The van der Waals surface area contributed by atoms with E-state index >= 15 is 0 Å². The number of carbonyl (C=O) groups is 3. The number of esters is 2. The summed E-state index contributed by atoms with van der Waals surface area (Å²) < 4.78 is 10.5. The zero-order chi connectivity index (χ0) is 21.5. The Morgan fingerprint density at radius 3 is 2.63 bits per heavy atom. The minimum Gasteiger partial charge on any atom is -0.463 e. The lowest BCUT2D eigenvalue weighted by molar-refractivity contribution is -0.141. The molecule has 2 heterocycles. The van der Waals surface area contributed by atoms with E-state index in [1.807, 2.05) is 17.5 Å². The van der Waals surface area contributed by atoms with Gasteiger partial charge in [-0.05, 0) is 42.6 Å². The van der Waals surface area contributed by atoms with Crippen molar-refractivity contribution in [2.24, 2.45) is 0 Å². The number of hydrogen-bond donors (Lipinski definition) is 2. The van der Waals surface area contributed by atoms with Crippen LogP contribution in [-0.4, -0.2) is 36.9 Å². The highest BCUT2D eigenvalue weighted by Gasteiger charge is 2.34. The van der Waals surface area contributed by atoms with Gasteiger partial charge in [0, 0.05) is 14.8 Å². The Bertz CT molecular complexity index is 945. The number of amides is 2. The summed E-state index contributed by atoms with van der Waals surface area (Å²) in [4.78, 5) is 38.5. The Hall–Kier alpha value is -2.49. The van der Waals surface area contributed by atoms with Gasteiger partial charge in [0.05, 0.1) is 29.7 Å². The van der Waals surface area contributed by atoms with Crippen LogP contribution in [0.4, 0.5) is 4.79 Å². The molecule has 0 saturated carbocycles. The Kier molecular flexibility index (Phi) is 7.78. The molecule has 1 aliphatic heterocycles. The zero-order valence-corrected chi connectivity index (χ0v) is 18.4. The van der Waals surface area contributed by atoms with Crippen LogP contribution in [0.2, 0.25) is 5.02 Å². The maximum atomic E-state index is 12.6. The SMILES string of the molecule is CCOC(=O)C1=C(COC(=O)CSc2ccc(Cl)cc2)NC(=O)NC1c1cccs1. The van der Waals surface area contributed by atoms with E-state index in [1.165, 1.54) is 23.1 Å². The molecule has 30 heavy (non-hydrogen) atoms. The van der Waals surface area contributed by atoms with Crippen molar-refractivity contribution >= 4 is 52.7 Å². The quantitative estimate of drug-likeness (QED) is 0.452. The number of urea groups is 1. The van der Waals surface area contributed by atoms with Crippen molar-refractivity contribution in [1.82, 2.24) is 10.6 Å². The number of hydrogen-bond acceptors (Lipinski definition) is 7. The molecule has 1 aliphatic rings. The standard InChI is InChI=1S/C20H19ClN2O5S2/c1-2-27-19(25)17-14(22-20(26)23-18(17)15-4-3-9-29-15)10-28-16(24)11-30-13-7-5-12(21)6-8-13/h3-9,18H,2,10-11H2,1H3,(H2,22,23,26). The number of thiophene rings is 1. The predicted molar refractivity (Wildman–Crippen MR) is 116 cm³/mol. The van der Waals surface area contributed by atoms with E-state index in [0.717, 1.165) is 9.77 Å². The maximum Gasteiger partial charge on any atom is 0.338 e. The van der Waals surface area contributed by atoms with Crippen LogP contribution in [0, 0.1) is 0 Å². The molecule has 1 unspecified atom stereocenters. The average molecular weight is 467 g/mol. The summed E-state index contributed by atoms with van der Waals surface area (Å²) in [5.41, 5.74) is 0.428. The molecular formula is C20H19ClN2O5S2. The van der Waals surface area contributed by atoms with Gasteiger partial charge in [-0.15, -0.1) is 23.1 Å². The van der Waals surface area contributed by atoms with Crippen molar-refractivity contribution in [2.75, 3.05) is 19.0 Å². The summed E-state index contributed by atoms with van der Waals surface area (Å²) in [7, 11) is 0. The van der Waals surface area contributed by atoms with Gasteiger partial charge in [-0.25, -0.2) is 9.59 Å². The van der Waals surface area contributed by atoms with E-state index in [9.17, 15) is 14.4 Å². The summed E-state index contributed by atoms with van der Waals surface area (Å²) in [5.74, 6) is -0.986. The van der Waals surface area contributed by atoms with Gasteiger partial charge < -0.3 is 20.1 Å². The van der Waals surface area contributed by atoms with E-state index in [1.54, 1.807) is 31.2 Å². The Balaban J connectivity index is 1.71. The normalized spacial score (nSPS) is 15.9. The lowest BCUT2D eigenvalue weighted by Gasteiger charge is -2.28. The molecule has 0 spiro atoms. The highest BCUT2D eigenvalue weighted by atomic mass is 35.5. The van der Waals surface area contributed by atoms with Crippen LogP contribution in [0.15, 0.2) is 57.9 Å². The topological polar surface area (TPSA) is 93.7 Å². The molecule has 7 nitrogen and oxygen atoms in total. The monoisotopic (exact) mass is 466 g/mol. The predicted octanol–water partition coefficient (Wildman–Crippen LogP) is 3.91. The van der Waals surface area contributed by atoms with Crippen LogP contribution in [0.25, 0.3) is 0 Å². The van der Waals surface area contributed by atoms with Crippen molar-refractivity contribution in [3.8, 4) is 0 Å². The molecule has 2 amide bonds. The van der Waals surface area contributed by atoms with E-state index in [4.69, 9.17) is 21.1 Å². The van der Waals surface area contributed by atoms with Gasteiger partial charge in [-0.2, -0.15) is 0 Å². The summed E-state index contributed by atoms with van der Waals surface area (Å²) >= 11 is 8.55. The second kappa shape index (κ2) is 10.5. The minimum atomic E-state index is -0.671. The fraction of sp³-hybridized carbons (Fsp3) is 0.250. The molecule has 0 aliphatic carbocycles. The van der Waals surface area contributed by atoms with Crippen LogP contribution < -0.4 is 10.6 Å². The van der Waals surface area contributed by atoms with Gasteiger partial charge in [0.25, 0.3) is 0 Å². The molecule has 1 atom stereocenters. The smallest absolute Gasteiger partial charge is 0.338 e. The van der Waals surface area contributed by atoms with E-state index < -0.39 is 24.0 Å². The lowest BCUT2D eigenvalue weighted by Crippen LogP contribution is -2.47. The number of nitrogens with one attached hydrogen (secondary N) is 2. The number of carbonyl (C=O) groups excluding carboxylic acids is 3. The Morgan fingerprint density at radius 2 is 1.97 bits per heavy atom. The number of ether oxygens (including phenoxy) is 2. The zero-order valence-electron chi connectivity index (χ0n) is 16.0. The highest BCUT2D eigenvalue weighted by molar-refractivity contribution is 8.00. The number of thioether (sulfide) groups is 1. The Morgan fingerprint density at radius 1 is 1.20 bits per heavy atom. The van der Waals surface area contributed by atoms with E-state index in [-0.39, 0.29) is 30.2 Å². The van der Waals surface area contributed by atoms with Gasteiger partial charge in [-0.3, -0.25) is 4.79 Å². The molecule has 10 heteroatoms. The molecule has 3 rings (SSSR count). The minimum absolute atomic E-state index is 0.0736. The fourth-order valence-electron chi connectivity index (χ4n) is 2.72. The molecule has 0 saturated heterocycles. The molecule has 2 aromatic rings. The third-order valence-corrected chi connectivity index (χ3v) is 6.20. The lowest BCUT2D eigenvalue weighted by atomic mass is 10.0. The second-order valence-electron chi connectivity index (χ2n) is 6.06. The highest BCUT2D eigenvalue weighted by Crippen LogP contribution is 2.30. The maximum absolute atomic E-state index is 12.6. The molecule has 0 radical (unpaired) electrons. The van der Waals surface area contributed by atoms with E-state index in [2.05, 4.69) is 10.6 Å². The van der Waals surface area contributed by atoms with Crippen LogP contribution in [0.1, 0.15) is 17.8 Å². The fourth-order valence-corrected chi connectivity index (χ4v) is 4.32. The molecular weight excluding hydrogens is 448 g/mol. The van der Waals surface area contributed by atoms with Crippen molar-refractivity contribution < 1.29 is 23.9 Å². The van der Waals surface area contributed by atoms with Crippen molar-refractivity contribution in [3.05, 3.63) is 62.9 Å². The summed E-state index contributed by atoms with van der Waals surface area (Å²) in [6, 6.07) is 9.57. The van der Waals surface area contributed by atoms with Gasteiger partial charge in [0.15, 0.2) is 0 Å². The number of halogens is 1. The van der Waals surface area contributed by atoms with Gasteiger partial charge in [0.2, 0.25) is 0 Å². The van der Waals surface area contributed by atoms with Crippen LogP contribution >= 0.6 is 34.7 Å². The first-order valence-corrected chi connectivity index (χ1v) is 11.3. The summed E-state index contributed by atoms with van der Waals surface area (Å²) in [6.07, 6.45) is 0. The van der Waals surface area contributed by atoms with Gasteiger partial charge in [-0.1, -0.05) is 17.7 Å². The Labute approximate surface area is 186 Å². The third kappa shape index (κ3) is 5.78. The number of rotatable bonds is 8. The largest absolute Gasteiger partial charge is 0.463 e. The molecule has 1 aromatic carbocycles. The van der Waals surface area contributed by atoms with Crippen molar-refractivity contribution in [2.45, 2.75) is 17.9 Å². The third-order valence-electron chi connectivity index (χ3n) is 4.02. The summed E-state index contributed by atoms with van der Waals surface area (Å²) in [5, 5.41) is 7.75. The van der Waals surface area contributed by atoms with Crippen LogP contribution in [-0.2, 0) is 19.1 Å². The summed E-state index contributed by atoms with van der Waals surface area (Å²) in [6.45, 7) is 1.63. The first kappa shape index (κ1) is 22.2. The van der Waals surface area contributed by atoms with Gasteiger partial charge in [0.1, 0.15) is 6.61 Å². The van der Waals surface area contributed by atoms with Crippen LogP contribution in [0.5, 0.6) is 0 Å². The average Bonchev–Trinajstić information content (AvgIpc) is 3.26. The second-order valence-corrected chi connectivity index (χ2v) is 8.53. The molecule has 1 aromatic heterocycles. The van der Waals surface area contributed by atoms with Crippen molar-refractivity contribution in [1.29, 1.82) is 0 Å². The molecule has 2 N–H and O–H groups in total. The van der Waals surface area contributed by atoms with Crippen molar-refractivity contribution in [3.63, 3.8) is 0 Å².